The molecular formula is C20H25NO4. The second-order valence-electron chi connectivity index (χ2n) is 8.90. The van der Waals surface area contributed by atoms with Crippen LogP contribution in [0.3, 0.4) is 0 Å². The van der Waals surface area contributed by atoms with E-state index in [1.807, 2.05) is 6.07 Å². The predicted octanol–water partition coefficient (Wildman–Crippen LogP) is 1.32. The van der Waals surface area contributed by atoms with Gasteiger partial charge in [-0.15, -0.1) is 0 Å². The molecule has 2 bridgehead atoms. The number of ether oxygens (including phenoxy) is 1. The molecule has 1 aromatic rings. The highest BCUT2D eigenvalue weighted by molar-refractivity contribution is 5.62. The van der Waals surface area contributed by atoms with Crippen molar-refractivity contribution in [2.24, 2.45) is 5.92 Å². The molecule has 5 atom stereocenters. The maximum Gasteiger partial charge on any atom is 0.165 e. The van der Waals surface area contributed by atoms with Crippen LogP contribution < -0.4 is 4.74 Å². The number of piperidine rings is 1. The molecule has 1 saturated heterocycles. The number of phenols is 1. The fraction of sp³-hybridized carbons (Fsp3) is 0.700. The summed E-state index contributed by atoms with van der Waals surface area (Å²) < 4.78 is 6.14. The number of likely N-dealkylation sites (tertiary alicyclic amines) is 1. The Bertz CT molecular complexity index is 762. The highest BCUT2D eigenvalue weighted by atomic mass is 16.5. The second kappa shape index (κ2) is 4.51. The Morgan fingerprint density at radius 1 is 1.20 bits per heavy atom. The maximum atomic E-state index is 12.0. The van der Waals surface area contributed by atoms with Gasteiger partial charge in [-0.3, -0.25) is 4.90 Å². The van der Waals surface area contributed by atoms with Gasteiger partial charge in [0.2, 0.25) is 0 Å². The molecule has 0 amide bonds. The fourth-order valence-electron chi connectivity index (χ4n) is 6.46. The van der Waals surface area contributed by atoms with E-state index in [-0.39, 0.29) is 11.8 Å². The molecule has 25 heavy (non-hydrogen) atoms. The summed E-state index contributed by atoms with van der Waals surface area (Å²) in [6.45, 7) is 2.02. The Kier molecular flexibility index (Phi) is 2.67. The Labute approximate surface area is 147 Å². The molecule has 3 fully saturated rings. The molecule has 2 heterocycles. The lowest BCUT2D eigenvalue weighted by molar-refractivity contribution is -0.208. The van der Waals surface area contributed by atoms with E-state index >= 15 is 0 Å². The van der Waals surface area contributed by atoms with Crippen molar-refractivity contribution in [1.82, 2.24) is 4.90 Å². The summed E-state index contributed by atoms with van der Waals surface area (Å²) in [6, 6.07) is 3.79. The zero-order chi connectivity index (χ0) is 17.0. The zero-order valence-corrected chi connectivity index (χ0v) is 14.3. The quantitative estimate of drug-likeness (QED) is 0.755. The highest BCUT2D eigenvalue weighted by Gasteiger charge is 2.72. The molecule has 0 aromatic heterocycles. The van der Waals surface area contributed by atoms with Crippen LogP contribution in [0.5, 0.6) is 11.5 Å². The summed E-state index contributed by atoms with van der Waals surface area (Å²) in [5.41, 5.74) is 0.716. The fourth-order valence-corrected chi connectivity index (χ4v) is 6.46. The number of aliphatic hydroxyl groups excluding tert-OH is 1. The first-order chi connectivity index (χ1) is 12.0. The lowest BCUT2D eigenvalue weighted by Gasteiger charge is -2.63. The number of hydrogen-bond donors (Lipinski definition) is 3. The number of phenolic OH excluding ortho intramolecular Hbond substituents is 1. The van der Waals surface area contributed by atoms with Crippen LogP contribution in [0.2, 0.25) is 0 Å². The monoisotopic (exact) mass is 343 g/mol. The zero-order valence-electron chi connectivity index (χ0n) is 14.3. The van der Waals surface area contributed by atoms with E-state index in [1.54, 1.807) is 6.07 Å². The molecule has 3 N–H and O–H groups in total. The highest BCUT2D eigenvalue weighted by Crippen LogP contribution is 2.65. The molecule has 2 saturated carbocycles. The Morgan fingerprint density at radius 2 is 2.04 bits per heavy atom. The summed E-state index contributed by atoms with van der Waals surface area (Å²) in [6.07, 6.45) is 4.35. The van der Waals surface area contributed by atoms with Gasteiger partial charge < -0.3 is 20.1 Å². The van der Waals surface area contributed by atoms with Crippen LogP contribution >= 0.6 is 0 Å². The molecule has 3 aliphatic carbocycles. The van der Waals surface area contributed by atoms with Gasteiger partial charge in [-0.05, 0) is 62.6 Å². The minimum atomic E-state index is -0.879. The van der Waals surface area contributed by atoms with Gasteiger partial charge in [0.05, 0.1) is 17.1 Å². The molecular weight excluding hydrogens is 318 g/mol. The Morgan fingerprint density at radius 3 is 2.84 bits per heavy atom. The van der Waals surface area contributed by atoms with Crippen LogP contribution in [0.25, 0.3) is 0 Å². The van der Waals surface area contributed by atoms with E-state index in [0.717, 1.165) is 37.4 Å². The van der Waals surface area contributed by atoms with Gasteiger partial charge in [0.25, 0.3) is 0 Å². The molecule has 1 spiro atoms. The van der Waals surface area contributed by atoms with Crippen molar-refractivity contribution in [3.8, 4) is 11.5 Å². The normalized spacial score (nSPS) is 44.3. The van der Waals surface area contributed by atoms with Crippen molar-refractivity contribution in [3.63, 3.8) is 0 Å². The van der Waals surface area contributed by atoms with Crippen LogP contribution in [0.4, 0.5) is 0 Å². The number of aliphatic hydroxyl groups is 2. The smallest absolute Gasteiger partial charge is 0.165 e. The molecule has 5 nitrogen and oxygen atoms in total. The first-order valence-corrected chi connectivity index (χ1v) is 9.71. The number of rotatable bonds is 2. The standard InChI is InChI=1S/C20H25NO4/c22-13-4-3-12-9-15-20(24)6-5-14(23)18-19(20,16(12)17(13)25-18)7-8-21(15)10-11-1-2-11/h3-4,11,14-15,18,22-24H,1-2,5-10H2/t14?,15?,18-,19?,20+/m0/s1. The van der Waals surface area contributed by atoms with E-state index < -0.39 is 23.2 Å². The molecule has 6 rings (SSSR count). The number of aromatic hydroxyl groups is 1. The van der Waals surface area contributed by atoms with Gasteiger partial charge in [0.15, 0.2) is 11.5 Å². The topological polar surface area (TPSA) is 73.2 Å². The van der Waals surface area contributed by atoms with E-state index in [2.05, 4.69) is 4.90 Å². The van der Waals surface area contributed by atoms with Crippen molar-refractivity contribution < 1.29 is 20.1 Å². The third kappa shape index (κ3) is 1.61. The van der Waals surface area contributed by atoms with Crippen molar-refractivity contribution in [1.29, 1.82) is 0 Å². The summed E-state index contributed by atoms with van der Waals surface area (Å²) in [5.74, 6) is 1.44. The van der Waals surface area contributed by atoms with Crippen molar-refractivity contribution in [2.45, 2.75) is 67.8 Å². The number of benzene rings is 1. The molecule has 2 aliphatic heterocycles. The number of nitrogens with zero attached hydrogens (tertiary/aromatic N) is 1. The van der Waals surface area contributed by atoms with E-state index in [4.69, 9.17) is 4.74 Å². The average Bonchev–Trinajstić information content (AvgIpc) is 3.32. The van der Waals surface area contributed by atoms with Gasteiger partial charge >= 0.3 is 0 Å². The maximum absolute atomic E-state index is 12.0. The van der Waals surface area contributed by atoms with Gasteiger partial charge in [-0.2, -0.15) is 0 Å². The predicted molar refractivity (Wildman–Crippen MR) is 90.8 cm³/mol. The van der Waals surface area contributed by atoms with E-state index in [9.17, 15) is 15.3 Å². The first-order valence-electron chi connectivity index (χ1n) is 9.71. The van der Waals surface area contributed by atoms with Crippen LogP contribution in [-0.4, -0.2) is 57.2 Å². The summed E-state index contributed by atoms with van der Waals surface area (Å²) in [5, 5.41) is 33.1. The minimum Gasteiger partial charge on any atom is -0.504 e. The van der Waals surface area contributed by atoms with Gasteiger partial charge in [0.1, 0.15) is 6.10 Å². The largest absolute Gasteiger partial charge is 0.504 e. The van der Waals surface area contributed by atoms with Crippen molar-refractivity contribution >= 4 is 0 Å². The minimum absolute atomic E-state index is 0.0865. The van der Waals surface area contributed by atoms with Gasteiger partial charge in [0, 0.05) is 18.2 Å². The third-order valence-corrected chi connectivity index (χ3v) is 7.73. The Balaban J connectivity index is 1.57. The number of hydrogen-bond acceptors (Lipinski definition) is 5. The average molecular weight is 343 g/mol. The van der Waals surface area contributed by atoms with Crippen molar-refractivity contribution in [3.05, 3.63) is 23.3 Å². The molecule has 5 aliphatic rings. The van der Waals surface area contributed by atoms with Crippen LogP contribution in [0, 0.1) is 5.92 Å². The van der Waals surface area contributed by atoms with Crippen molar-refractivity contribution in [2.75, 3.05) is 13.1 Å². The van der Waals surface area contributed by atoms with Crippen LogP contribution in [0.15, 0.2) is 12.1 Å². The van der Waals surface area contributed by atoms with E-state index in [0.29, 0.717) is 18.6 Å². The van der Waals surface area contributed by atoms with E-state index in [1.165, 1.54) is 18.4 Å². The lowest BCUT2D eigenvalue weighted by atomic mass is 9.48. The van der Waals surface area contributed by atoms with Gasteiger partial charge in [-0.25, -0.2) is 0 Å². The molecule has 3 unspecified atom stereocenters. The van der Waals surface area contributed by atoms with Crippen LogP contribution in [-0.2, 0) is 11.8 Å². The lowest BCUT2D eigenvalue weighted by Crippen LogP contribution is -2.77. The third-order valence-electron chi connectivity index (χ3n) is 7.73. The Hall–Kier alpha value is -1.30. The summed E-state index contributed by atoms with van der Waals surface area (Å²) in [4.78, 5) is 2.51. The first kappa shape index (κ1) is 14.8. The molecule has 0 radical (unpaired) electrons. The van der Waals surface area contributed by atoms with Crippen LogP contribution in [0.1, 0.15) is 43.2 Å². The molecule has 5 heteroatoms. The summed E-state index contributed by atoms with van der Waals surface area (Å²) >= 11 is 0. The SMILES string of the molecule is Oc1ccc2c3c1O[C@H]1C(O)CC[C@@]4(O)C(C2)N(CC2CC2)CCC314. The second-order valence-corrected chi connectivity index (χ2v) is 8.90. The molecule has 1 aromatic carbocycles. The van der Waals surface area contributed by atoms with Gasteiger partial charge in [-0.1, -0.05) is 6.07 Å². The molecule has 134 valence electrons. The summed E-state index contributed by atoms with van der Waals surface area (Å²) in [7, 11) is 0.